The zero-order valence-corrected chi connectivity index (χ0v) is 11.9. The van der Waals surface area contributed by atoms with Gasteiger partial charge in [0.15, 0.2) is 5.13 Å². The van der Waals surface area contributed by atoms with E-state index >= 15 is 0 Å². The lowest BCUT2D eigenvalue weighted by Crippen LogP contribution is -1.90. The van der Waals surface area contributed by atoms with Gasteiger partial charge >= 0.3 is 0 Å². The third kappa shape index (κ3) is 2.65. The maximum atomic E-state index is 5.37. The Morgan fingerprint density at radius 1 is 1.00 bits per heavy atom. The fraction of sp³-hybridized carbons (Fsp3) is 0.0625. The second-order valence-corrected chi connectivity index (χ2v) is 5.09. The van der Waals surface area contributed by atoms with Crippen LogP contribution in [-0.2, 0) is 0 Å². The Morgan fingerprint density at radius 3 is 2.55 bits per heavy atom. The largest absolute Gasteiger partial charge is 0.496 e. The Balaban J connectivity index is 1.87. The summed E-state index contributed by atoms with van der Waals surface area (Å²) in [4.78, 5) is 4.61. The fourth-order valence-electron chi connectivity index (χ4n) is 1.96. The molecule has 0 amide bonds. The van der Waals surface area contributed by atoms with Gasteiger partial charge in [-0.1, -0.05) is 30.3 Å². The molecule has 0 radical (unpaired) electrons. The first-order chi connectivity index (χ1) is 9.86. The molecule has 20 heavy (non-hydrogen) atoms. The van der Waals surface area contributed by atoms with Crippen LogP contribution in [0.1, 0.15) is 0 Å². The number of hydrogen-bond acceptors (Lipinski definition) is 4. The molecule has 4 heteroatoms. The van der Waals surface area contributed by atoms with E-state index in [2.05, 4.69) is 10.3 Å². The quantitative estimate of drug-likeness (QED) is 0.761. The van der Waals surface area contributed by atoms with Crippen LogP contribution in [0.3, 0.4) is 0 Å². The van der Waals surface area contributed by atoms with Gasteiger partial charge in [0.1, 0.15) is 5.75 Å². The molecular formula is C16H14N2OS. The molecule has 3 aromatic rings. The third-order valence-electron chi connectivity index (χ3n) is 2.91. The standard InChI is InChI=1S/C16H14N2OS/c1-19-15-10-6-5-9-13(15)14-11-20-16(18-14)17-12-7-3-2-4-8-12/h2-11H,1H3,(H,17,18). The topological polar surface area (TPSA) is 34.1 Å². The van der Waals surface area contributed by atoms with Crippen LogP contribution < -0.4 is 10.1 Å². The summed E-state index contributed by atoms with van der Waals surface area (Å²) in [6, 6.07) is 17.9. The van der Waals surface area contributed by atoms with Gasteiger partial charge in [0.2, 0.25) is 0 Å². The van der Waals surface area contributed by atoms with E-state index < -0.39 is 0 Å². The van der Waals surface area contributed by atoms with Gasteiger partial charge in [-0.3, -0.25) is 0 Å². The van der Waals surface area contributed by atoms with Gasteiger partial charge < -0.3 is 10.1 Å². The number of thiazole rings is 1. The van der Waals surface area contributed by atoms with E-state index in [0.29, 0.717) is 0 Å². The van der Waals surface area contributed by atoms with Crippen LogP contribution in [0.15, 0.2) is 60.0 Å². The Bertz CT molecular complexity index is 694. The van der Waals surface area contributed by atoms with Crippen LogP contribution in [0.25, 0.3) is 11.3 Å². The molecule has 1 N–H and O–H groups in total. The van der Waals surface area contributed by atoms with Crippen LogP contribution in [0.5, 0.6) is 5.75 Å². The SMILES string of the molecule is COc1ccccc1-c1csc(Nc2ccccc2)n1. The van der Waals surface area contributed by atoms with Gasteiger partial charge in [0.25, 0.3) is 0 Å². The molecule has 0 atom stereocenters. The number of para-hydroxylation sites is 2. The fourth-order valence-corrected chi connectivity index (χ4v) is 2.69. The van der Waals surface area contributed by atoms with Crippen molar-refractivity contribution < 1.29 is 4.74 Å². The van der Waals surface area contributed by atoms with E-state index in [-0.39, 0.29) is 0 Å². The number of nitrogens with zero attached hydrogens (tertiary/aromatic N) is 1. The van der Waals surface area contributed by atoms with E-state index in [4.69, 9.17) is 4.74 Å². The molecule has 1 aromatic heterocycles. The number of hydrogen-bond donors (Lipinski definition) is 1. The highest BCUT2D eigenvalue weighted by atomic mass is 32.1. The van der Waals surface area contributed by atoms with Crippen molar-refractivity contribution in [3.63, 3.8) is 0 Å². The van der Waals surface area contributed by atoms with Crippen molar-refractivity contribution in [3.8, 4) is 17.0 Å². The second kappa shape index (κ2) is 5.75. The molecular weight excluding hydrogens is 268 g/mol. The molecule has 3 nitrogen and oxygen atoms in total. The normalized spacial score (nSPS) is 10.2. The van der Waals surface area contributed by atoms with Gasteiger partial charge in [0.05, 0.1) is 12.8 Å². The number of aromatic nitrogens is 1. The van der Waals surface area contributed by atoms with E-state index in [1.165, 1.54) is 0 Å². The van der Waals surface area contributed by atoms with Crippen LogP contribution in [-0.4, -0.2) is 12.1 Å². The summed E-state index contributed by atoms with van der Waals surface area (Å²) in [5.74, 6) is 0.837. The molecule has 0 saturated carbocycles. The maximum Gasteiger partial charge on any atom is 0.187 e. The summed E-state index contributed by atoms with van der Waals surface area (Å²) in [6.07, 6.45) is 0. The lowest BCUT2D eigenvalue weighted by atomic mass is 10.1. The summed E-state index contributed by atoms with van der Waals surface area (Å²) >= 11 is 1.58. The number of methoxy groups -OCH3 is 1. The number of nitrogens with one attached hydrogen (secondary N) is 1. The van der Waals surface area contributed by atoms with Crippen molar-refractivity contribution in [1.82, 2.24) is 4.98 Å². The Hall–Kier alpha value is -2.33. The van der Waals surface area contributed by atoms with E-state index in [9.17, 15) is 0 Å². The zero-order valence-electron chi connectivity index (χ0n) is 11.0. The van der Waals surface area contributed by atoms with Gasteiger partial charge in [-0.2, -0.15) is 0 Å². The molecule has 1 heterocycles. The minimum Gasteiger partial charge on any atom is -0.496 e. The number of ether oxygens (including phenoxy) is 1. The summed E-state index contributed by atoms with van der Waals surface area (Å²) in [5, 5.41) is 6.20. The van der Waals surface area contributed by atoms with Crippen LogP contribution in [0.2, 0.25) is 0 Å². The van der Waals surface area contributed by atoms with Crippen molar-refractivity contribution in [2.24, 2.45) is 0 Å². The van der Waals surface area contributed by atoms with Crippen LogP contribution >= 0.6 is 11.3 Å². The minimum atomic E-state index is 0.837. The second-order valence-electron chi connectivity index (χ2n) is 4.23. The predicted octanol–water partition coefficient (Wildman–Crippen LogP) is 4.56. The van der Waals surface area contributed by atoms with E-state index in [0.717, 1.165) is 27.8 Å². The zero-order chi connectivity index (χ0) is 13.8. The van der Waals surface area contributed by atoms with Crippen molar-refractivity contribution in [3.05, 3.63) is 60.0 Å². The average Bonchev–Trinajstić information content (AvgIpc) is 2.96. The molecule has 0 unspecified atom stereocenters. The predicted molar refractivity (Wildman–Crippen MR) is 83.8 cm³/mol. The highest BCUT2D eigenvalue weighted by molar-refractivity contribution is 7.14. The van der Waals surface area contributed by atoms with Gasteiger partial charge in [-0.15, -0.1) is 11.3 Å². The maximum absolute atomic E-state index is 5.37. The van der Waals surface area contributed by atoms with Crippen LogP contribution in [0.4, 0.5) is 10.8 Å². The van der Waals surface area contributed by atoms with Crippen molar-refractivity contribution in [2.75, 3.05) is 12.4 Å². The Kier molecular flexibility index (Phi) is 3.65. The molecule has 0 aliphatic carbocycles. The van der Waals surface area contributed by atoms with Gasteiger partial charge in [-0.25, -0.2) is 4.98 Å². The first-order valence-corrected chi connectivity index (χ1v) is 7.16. The summed E-state index contributed by atoms with van der Waals surface area (Å²) < 4.78 is 5.37. The Morgan fingerprint density at radius 2 is 1.75 bits per heavy atom. The lowest BCUT2D eigenvalue weighted by molar-refractivity contribution is 0.416. The van der Waals surface area contributed by atoms with E-state index in [1.54, 1.807) is 18.4 Å². The molecule has 0 bridgehead atoms. The van der Waals surface area contributed by atoms with Crippen molar-refractivity contribution in [1.29, 1.82) is 0 Å². The molecule has 0 fully saturated rings. The first kappa shape index (κ1) is 12.7. The summed E-state index contributed by atoms with van der Waals surface area (Å²) in [6.45, 7) is 0. The highest BCUT2D eigenvalue weighted by Gasteiger charge is 2.09. The smallest absolute Gasteiger partial charge is 0.187 e. The summed E-state index contributed by atoms with van der Waals surface area (Å²) in [7, 11) is 1.67. The summed E-state index contributed by atoms with van der Waals surface area (Å²) in [5.41, 5.74) is 2.96. The van der Waals surface area contributed by atoms with E-state index in [1.807, 2.05) is 60.0 Å². The third-order valence-corrected chi connectivity index (χ3v) is 3.67. The monoisotopic (exact) mass is 282 g/mol. The molecule has 3 rings (SSSR count). The number of benzene rings is 2. The molecule has 2 aromatic carbocycles. The number of rotatable bonds is 4. The minimum absolute atomic E-state index is 0.837. The molecule has 100 valence electrons. The molecule has 0 aliphatic rings. The first-order valence-electron chi connectivity index (χ1n) is 6.28. The van der Waals surface area contributed by atoms with Gasteiger partial charge in [0, 0.05) is 16.6 Å². The molecule has 0 saturated heterocycles. The van der Waals surface area contributed by atoms with Crippen molar-refractivity contribution >= 4 is 22.2 Å². The Labute approximate surface area is 121 Å². The van der Waals surface area contributed by atoms with Crippen LogP contribution in [0, 0.1) is 0 Å². The molecule has 0 aliphatic heterocycles. The molecule has 0 spiro atoms. The lowest BCUT2D eigenvalue weighted by Gasteiger charge is -2.05. The van der Waals surface area contributed by atoms with Gasteiger partial charge in [-0.05, 0) is 24.3 Å². The van der Waals surface area contributed by atoms with Crippen molar-refractivity contribution in [2.45, 2.75) is 0 Å². The highest BCUT2D eigenvalue weighted by Crippen LogP contribution is 2.32. The number of anilines is 2. The average molecular weight is 282 g/mol.